The molecule has 2 rings (SSSR count). The van der Waals surface area contributed by atoms with Crippen LogP contribution in [0.3, 0.4) is 0 Å². The molecule has 6 heteroatoms. The normalized spacial score (nSPS) is 10.4. The number of carbonyl (C=O) groups is 1. The molecule has 2 nitrogen and oxygen atoms in total. The van der Waals surface area contributed by atoms with Gasteiger partial charge in [-0.2, -0.15) is 0 Å². The van der Waals surface area contributed by atoms with Crippen LogP contribution in [0.5, 0.6) is 0 Å². The van der Waals surface area contributed by atoms with Crippen molar-refractivity contribution in [1.82, 2.24) is 5.32 Å². The van der Waals surface area contributed by atoms with Gasteiger partial charge in [-0.25, -0.2) is 8.78 Å². The number of amides is 1. The monoisotopic (exact) mass is 359 g/mol. The van der Waals surface area contributed by atoms with E-state index < -0.39 is 11.6 Å². The van der Waals surface area contributed by atoms with E-state index in [0.717, 1.165) is 12.1 Å². The number of carbonyl (C=O) groups excluding carboxylic acids is 1. The minimum Gasteiger partial charge on any atom is -0.348 e. The third kappa shape index (κ3) is 3.55. The van der Waals surface area contributed by atoms with Crippen molar-refractivity contribution in [1.29, 1.82) is 0 Å². The minimum absolute atomic E-state index is 0.107. The second-order valence-corrected chi connectivity index (χ2v) is 5.32. The maximum atomic E-state index is 13.0. The van der Waals surface area contributed by atoms with Crippen LogP contribution in [-0.4, -0.2) is 5.91 Å². The Kier molecular flexibility index (Phi) is 4.73. The van der Waals surface area contributed by atoms with Crippen molar-refractivity contribution in [3.8, 4) is 0 Å². The summed E-state index contributed by atoms with van der Waals surface area (Å²) in [5, 5.41) is 3.12. The lowest BCUT2D eigenvalue weighted by atomic mass is 10.2. The van der Waals surface area contributed by atoms with Gasteiger partial charge in [0.05, 0.1) is 5.02 Å². The van der Waals surface area contributed by atoms with Crippen LogP contribution >= 0.6 is 27.5 Å². The van der Waals surface area contributed by atoms with Crippen molar-refractivity contribution in [2.45, 2.75) is 6.54 Å². The molecule has 0 heterocycles. The summed E-state index contributed by atoms with van der Waals surface area (Å²) in [4.78, 5) is 11.9. The van der Waals surface area contributed by atoms with E-state index in [4.69, 9.17) is 11.6 Å². The Balaban J connectivity index is 2.04. The maximum absolute atomic E-state index is 13.0. The lowest BCUT2D eigenvalue weighted by molar-refractivity contribution is 0.0951. The van der Waals surface area contributed by atoms with Crippen LogP contribution in [0.15, 0.2) is 40.9 Å². The highest BCUT2D eigenvalue weighted by Crippen LogP contribution is 2.23. The SMILES string of the molecule is O=C(NCc1ccc(F)c(F)c1)c1ccc(Cl)c(Br)c1. The van der Waals surface area contributed by atoms with Gasteiger partial charge in [-0.15, -0.1) is 0 Å². The molecule has 20 heavy (non-hydrogen) atoms. The van der Waals surface area contributed by atoms with E-state index in [2.05, 4.69) is 21.2 Å². The quantitative estimate of drug-likeness (QED) is 0.868. The van der Waals surface area contributed by atoms with Gasteiger partial charge in [-0.3, -0.25) is 4.79 Å². The second kappa shape index (κ2) is 6.33. The van der Waals surface area contributed by atoms with Crippen molar-refractivity contribution < 1.29 is 13.6 Å². The van der Waals surface area contributed by atoms with Gasteiger partial charge in [0.15, 0.2) is 11.6 Å². The van der Waals surface area contributed by atoms with Crippen molar-refractivity contribution in [3.05, 3.63) is 68.7 Å². The molecule has 0 atom stereocenters. The van der Waals surface area contributed by atoms with Crippen LogP contribution in [0, 0.1) is 11.6 Å². The van der Waals surface area contributed by atoms with E-state index in [1.54, 1.807) is 18.2 Å². The van der Waals surface area contributed by atoms with E-state index in [1.807, 2.05) is 0 Å². The maximum Gasteiger partial charge on any atom is 0.251 e. The molecule has 1 N–H and O–H groups in total. The summed E-state index contributed by atoms with van der Waals surface area (Å²) in [5.74, 6) is -2.18. The smallest absolute Gasteiger partial charge is 0.251 e. The molecule has 0 saturated heterocycles. The first-order valence-electron chi connectivity index (χ1n) is 5.64. The second-order valence-electron chi connectivity index (χ2n) is 4.06. The molecule has 0 aliphatic carbocycles. The fourth-order valence-corrected chi connectivity index (χ4v) is 2.07. The zero-order valence-corrected chi connectivity index (χ0v) is 12.4. The zero-order chi connectivity index (χ0) is 14.7. The predicted octanol–water partition coefficient (Wildman–Crippen LogP) is 4.31. The van der Waals surface area contributed by atoms with Crippen LogP contribution in [0.25, 0.3) is 0 Å². The molecule has 2 aromatic carbocycles. The van der Waals surface area contributed by atoms with Crippen LogP contribution in [0.1, 0.15) is 15.9 Å². The molecule has 0 unspecified atom stereocenters. The lowest BCUT2D eigenvalue weighted by Crippen LogP contribution is -2.22. The van der Waals surface area contributed by atoms with Gasteiger partial charge in [-0.05, 0) is 51.8 Å². The largest absolute Gasteiger partial charge is 0.348 e. The fourth-order valence-electron chi connectivity index (χ4n) is 1.57. The Hall–Kier alpha value is -1.46. The highest BCUT2D eigenvalue weighted by molar-refractivity contribution is 9.10. The number of nitrogens with one attached hydrogen (secondary N) is 1. The van der Waals surface area contributed by atoms with Crippen LogP contribution in [0.4, 0.5) is 8.78 Å². The summed E-state index contributed by atoms with van der Waals surface area (Å²) in [6.07, 6.45) is 0. The summed E-state index contributed by atoms with van der Waals surface area (Å²) in [5.41, 5.74) is 0.897. The summed E-state index contributed by atoms with van der Waals surface area (Å²) >= 11 is 9.06. The molecule has 0 aromatic heterocycles. The van der Waals surface area contributed by atoms with Crippen LogP contribution in [-0.2, 0) is 6.54 Å². The molecule has 0 saturated carbocycles. The molecule has 0 fully saturated rings. The topological polar surface area (TPSA) is 29.1 Å². The Morgan fingerprint density at radius 2 is 1.90 bits per heavy atom. The van der Waals surface area contributed by atoms with Gasteiger partial charge in [0, 0.05) is 16.6 Å². The number of benzene rings is 2. The molecule has 0 spiro atoms. The molecule has 2 aromatic rings. The molecule has 0 bridgehead atoms. The highest BCUT2D eigenvalue weighted by Gasteiger charge is 2.08. The molecular formula is C14H9BrClF2NO. The van der Waals surface area contributed by atoms with Gasteiger partial charge in [-0.1, -0.05) is 17.7 Å². The lowest BCUT2D eigenvalue weighted by Gasteiger charge is -2.07. The fraction of sp³-hybridized carbons (Fsp3) is 0.0714. The highest BCUT2D eigenvalue weighted by atomic mass is 79.9. The Bertz CT molecular complexity index is 664. The third-order valence-electron chi connectivity index (χ3n) is 2.62. The summed E-state index contributed by atoms with van der Waals surface area (Å²) in [6, 6.07) is 8.24. The van der Waals surface area contributed by atoms with E-state index in [-0.39, 0.29) is 12.5 Å². The molecule has 104 valence electrons. The van der Waals surface area contributed by atoms with E-state index in [1.165, 1.54) is 6.07 Å². The van der Waals surface area contributed by atoms with Crippen LogP contribution < -0.4 is 5.32 Å². The summed E-state index contributed by atoms with van der Waals surface area (Å²) in [7, 11) is 0. The average Bonchev–Trinajstić information content (AvgIpc) is 2.43. The first kappa shape index (κ1) is 14.9. The molecule has 1 amide bonds. The Morgan fingerprint density at radius 1 is 1.15 bits per heavy atom. The number of hydrogen-bond acceptors (Lipinski definition) is 1. The standard InChI is InChI=1S/C14H9BrClF2NO/c15-10-6-9(2-3-11(10)16)14(20)19-7-8-1-4-12(17)13(18)5-8/h1-6H,7H2,(H,19,20). The van der Waals surface area contributed by atoms with Crippen molar-refractivity contribution in [3.63, 3.8) is 0 Å². The van der Waals surface area contributed by atoms with E-state index in [9.17, 15) is 13.6 Å². The van der Waals surface area contributed by atoms with Gasteiger partial charge >= 0.3 is 0 Å². The number of halogens is 4. The summed E-state index contributed by atoms with van der Waals surface area (Å²) < 4.78 is 26.4. The molecule has 0 radical (unpaired) electrons. The minimum atomic E-state index is -0.939. The molecular weight excluding hydrogens is 352 g/mol. The van der Waals surface area contributed by atoms with Crippen molar-refractivity contribution in [2.75, 3.05) is 0 Å². The zero-order valence-electron chi connectivity index (χ0n) is 10.1. The number of hydrogen-bond donors (Lipinski definition) is 1. The van der Waals surface area contributed by atoms with Crippen molar-refractivity contribution in [2.24, 2.45) is 0 Å². The molecule has 0 aliphatic rings. The van der Waals surface area contributed by atoms with Crippen molar-refractivity contribution >= 4 is 33.4 Å². The first-order chi connectivity index (χ1) is 9.47. The summed E-state index contributed by atoms with van der Waals surface area (Å²) in [6.45, 7) is 0.107. The van der Waals surface area contributed by atoms with E-state index in [0.29, 0.717) is 20.6 Å². The van der Waals surface area contributed by atoms with E-state index >= 15 is 0 Å². The van der Waals surface area contributed by atoms with Gasteiger partial charge in [0.2, 0.25) is 0 Å². The third-order valence-corrected chi connectivity index (χ3v) is 3.83. The average molecular weight is 361 g/mol. The first-order valence-corrected chi connectivity index (χ1v) is 6.81. The van der Waals surface area contributed by atoms with Gasteiger partial charge < -0.3 is 5.32 Å². The van der Waals surface area contributed by atoms with Crippen LogP contribution in [0.2, 0.25) is 5.02 Å². The predicted molar refractivity (Wildman–Crippen MR) is 76.7 cm³/mol. The Labute approximate surface area is 127 Å². The van der Waals surface area contributed by atoms with Gasteiger partial charge in [0.1, 0.15) is 0 Å². The molecule has 0 aliphatic heterocycles. The number of rotatable bonds is 3. The Morgan fingerprint density at radius 3 is 2.55 bits per heavy atom. The van der Waals surface area contributed by atoms with Gasteiger partial charge in [0.25, 0.3) is 5.91 Å².